The summed E-state index contributed by atoms with van der Waals surface area (Å²) in [6.45, 7) is 1.24. The second-order valence-corrected chi connectivity index (χ2v) is 4.21. The molecule has 0 amide bonds. The lowest BCUT2D eigenvalue weighted by Gasteiger charge is -2.13. The lowest BCUT2D eigenvalue weighted by atomic mass is 10.3. The van der Waals surface area contributed by atoms with Gasteiger partial charge in [0.15, 0.2) is 5.69 Å². The third-order valence-corrected chi connectivity index (χ3v) is 2.62. The van der Waals surface area contributed by atoms with Crippen molar-refractivity contribution in [3.8, 4) is 0 Å². The van der Waals surface area contributed by atoms with E-state index in [1.165, 1.54) is 18.9 Å². The predicted octanol–water partition coefficient (Wildman–Crippen LogP) is -0.765. The van der Waals surface area contributed by atoms with Crippen LogP contribution in [0.5, 0.6) is 0 Å². The number of rotatable bonds is 10. The molecule has 1 N–H and O–H groups in total. The van der Waals surface area contributed by atoms with E-state index in [4.69, 9.17) is 14.2 Å². The molecular weight excluding hydrogens is 282 g/mol. The number of aliphatic hydroxyl groups excluding tert-OH is 1. The van der Waals surface area contributed by atoms with E-state index in [2.05, 4.69) is 15.0 Å². The summed E-state index contributed by atoms with van der Waals surface area (Å²) in [6, 6.07) is 0. The summed E-state index contributed by atoms with van der Waals surface area (Å²) in [7, 11) is 4.32. The van der Waals surface area contributed by atoms with Gasteiger partial charge in [0.05, 0.1) is 51.9 Å². The Balaban J connectivity index is 2.65. The van der Waals surface area contributed by atoms with E-state index in [0.717, 1.165) is 0 Å². The van der Waals surface area contributed by atoms with Crippen molar-refractivity contribution in [3.63, 3.8) is 0 Å². The Morgan fingerprint density at radius 1 is 1.29 bits per heavy atom. The topological polar surface area (TPSA) is 105 Å². The van der Waals surface area contributed by atoms with Crippen molar-refractivity contribution in [1.29, 1.82) is 0 Å². The number of carbonyl (C=O) groups excluding carboxylic acids is 1. The number of hydrogen-bond acceptors (Lipinski definition) is 8. The maximum Gasteiger partial charge on any atom is 0.360 e. The fourth-order valence-electron chi connectivity index (χ4n) is 1.63. The van der Waals surface area contributed by atoms with Gasteiger partial charge in [0.2, 0.25) is 0 Å². The molecule has 0 aliphatic rings. The van der Waals surface area contributed by atoms with Crippen molar-refractivity contribution in [2.75, 3.05) is 41.2 Å². The summed E-state index contributed by atoms with van der Waals surface area (Å²) in [5.41, 5.74) is 0.521. The summed E-state index contributed by atoms with van der Waals surface area (Å²) >= 11 is 0. The molecule has 0 fully saturated rings. The minimum Gasteiger partial charge on any atom is -0.464 e. The third-order valence-electron chi connectivity index (χ3n) is 2.62. The predicted molar refractivity (Wildman–Crippen MR) is 70.8 cm³/mol. The highest BCUT2D eigenvalue weighted by molar-refractivity contribution is 5.88. The molecule has 1 atom stereocenters. The van der Waals surface area contributed by atoms with Crippen molar-refractivity contribution in [3.05, 3.63) is 11.4 Å². The molecule has 0 aromatic carbocycles. The Kier molecular flexibility index (Phi) is 7.83. The van der Waals surface area contributed by atoms with Crippen LogP contribution in [0, 0.1) is 0 Å². The van der Waals surface area contributed by atoms with E-state index in [1.54, 1.807) is 7.11 Å². The maximum absolute atomic E-state index is 11.6. The third kappa shape index (κ3) is 5.38. The summed E-state index contributed by atoms with van der Waals surface area (Å²) in [5.74, 6) is -0.598. The van der Waals surface area contributed by atoms with Gasteiger partial charge in [-0.1, -0.05) is 5.21 Å². The molecule has 9 heteroatoms. The van der Waals surface area contributed by atoms with E-state index in [1.807, 2.05) is 0 Å². The molecule has 1 aromatic rings. The van der Waals surface area contributed by atoms with E-state index >= 15 is 0 Å². The van der Waals surface area contributed by atoms with Crippen molar-refractivity contribution in [2.24, 2.45) is 0 Å². The Hall–Kier alpha value is -1.55. The molecule has 120 valence electrons. The number of hydrogen-bond donors (Lipinski definition) is 1. The zero-order valence-corrected chi connectivity index (χ0v) is 12.4. The van der Waals surface area contributed by atoms with Gasteiger partial charge in [-0.25, -0.2) is 9.48 Å². The summed E-state index contributed by atoms with van der Waals surface area (Å²) in [5, 5.41) is 17.5. The van der Waals surface area contributed by atoms with Crippen LogP contribution in [0.2, 0.25) is 0 Å². The quantitative estimate of drug-likeness (QED) is 0.444. The van der Waals surface area contributed by atoms with Gasteiger partial charge < -0.3 is 24.1 Å². The average Bonchev–Trinajstić information content (AvgIpc) is 2.86. The second kappa shape index (κ2) is 9.40. The Morgan fingerprint density at radius 2 is 2.05 bits per heavy atom. The highest BCUT2D eigenvalue weighted by atomic mass is 16.5. The lowest BCUT2D eigenvalue weighted by Crippen LogP contribution is -2.25. The molecule has 0 aliphatic carbocycles. The maximum atomic E-state index is 11.6. The molecule has 1 rings (SSSR count). The van der Waals surface area contributed by atoms with Gasteiger partial charge in [0.25, 0.3) is 0 Å². The van der Waals surface area contributed by atoms with Crippen LogP contribution in [-0.4, -0.2) is 73.3 Å². The second-order valence-electron chi connectivity index (χ2n) is 4.21. The number of aromatic nitrogens is 3. The zero-order valence-electron chi connectivity index (χ0n) is 12.4. The first-order valence-electron chi connectivity index (χ1n) is 6.38. The van der Waals surface area contributed by atoms with E-state index < -0.39 is 12.1 Å². The Morgan fingerprint density at radius 3 is 2.67 bits per heavy atom. The van der Waals surface area contributed by atoms with E-state index in [-0.39, 0.29) is 25.5 Å². The molecule has 0 aliphatic heterocycles. The van der Waals surface area contributed by atoms with Gasteiger partial charge in [-0.15, -0.1) is 5.10 Å². The van der Waals surface area contributed by atoms with Gasteiger partial charge in [0, 0.05) is 14.2 Å². The highest BCUT2D eigenvalue weighted by Gasteiger charge is 2.21. The number of aliphatic hydroxyl groups is 1. The van der Waals surface area contributed by atoms with Gasteiger partial charge in [0.1, 0.15) is 0 Å². The van der Waals surface area contributed by atoms with Gasteiger partial charge in [-0.2, -0.15) is 0 Å². The molecule has 21 heavy (non-hydrogen) atoms. The molecule has 9 nitrogen and oxygen atoms in total. The van der Waals surface area contributed by atoms with Gasteiger partial charge in [-0.05, 0) is 0 Å². The first kappa shape index (κ1) is 17.5. The van der Waals surface area contributed by atoms with E-state index in [9.17, 15) is 9.90 Å². The van der Waals surface area contributed by atoms with Crippen LogP contribution in [0.15, 0.2) is 0 Å². The van der Waals surface area contributed by atoms with Crippen LogP contribution in [0.25, 0.3) is 0 Å². The Labute approximate surface area is 122 Å². The fourth-order valence-corrected chi connectivity index (χ4v) is 1.63. The van der Waals surface area contributed by atoms with Crippen LogP contribution in [0.4, 0.5) is 0 Å². The number of ether oxygens (including phenoxy) is 4. The van der Waals surface area contributed by atoms with Crippen LogP contribution >= 0.6 is 0 Å². The molecule has 1 unspecified atom stereocenters. The molecular formula is C12H21N3O6. The van der Waals surface area contributed by atoms with Crippen LogP contribution in [-0.2, 0) is 32.1 Å². The van der Waals surface area contributed by atoms with Gasteiger partial charge >= 0.3 is 5.97 Å². The monoisotopic (exact) mass is 303 g/mol. The number of carbonyl (C=O) groups is 1. The average molecular weight is 303 g/mol. The minimum absolute atomic E-state index is 0.0758. The smallest absolute Gasteiger partial charge is 0.360 e. The van der Waals surface area contributed by atoms with Crippen molar-refractivity contribution < 1.29 is 28.8 Å². The number of esters is 1. The van der Waals surface area contributed by atoms with Crippen molar-refractivity contribution >= 4 is 5.97 Å². The minimum atomic E-state index is -0.787. The standard InChI is InChI=1S/C12H21N3O6/c1-18-4-5-21-7-9(16)6-15-10(8-19-2)11(13-14-15)12(17)20-3/h9,16H,4-8H2,1-3H3. The number of nitrogens with zero attached hydrogens (tertiary/aromatic N) is 3. The molecule has 0 radical (unpaired) electrons. The molecule has 1 aromatic heterocycles. The first-order valence-corrected chi connectivity index (χ1v) is 6.38. The number of methoxy groups -OCH3 is 3. The molecule has 0 saturated carbocycles. The summed E-state index contributed by atoms with van der Waals surface area (Å²) < 4.78 is 21.1. The van der Waals surface area contributed by atoms with Crippen molar-refractivity contribution in [1.82, 2.24) is 15.0 Å². The fraction of sp³-hybridized carbons (Fsp3) is 0.750. The SMILES string of the molecule is COCCOCC(O)Cn1nnc(C(=O)OC)c1COC. The Bertz CT molecular complexity index is 437. The van der Waals surface area contributed by atoms with Gasteiger partial charge in [-0.3, -0.25) is 0 Å². The molecule has 0 bridgehead atoms. The molecule has 0 spiro atoms. The zero-order chi connectivity index (χ0) is 15.7. The highest BCUT2D eigenvalue weighted by Crippen LogP contribution is 2.09. The first-order chi connectivity index (χ1) is 10.1. The summed E-state index contributed by atoms with van der Waals surface area (Å²) in [4.78, 5) is 11.6. The van der Waals surface area contributed by atoms with Crippen molar-refractivity contribution in [2.45, 2.75) is 19.3 Å². The lowest BCUT2D eigenvalue weighted by molar-refractivity contribution is 0.00495. The van der Waals surface area contributed by atoms with Crippen LogP contribution in [0.3, 0.4) is 0 Å². The van der Waals surface area contributed by atoms with Crippen LogP contribution < -0.4 is 0 Å². The normalized spacial score (nSPS) is 12.4. The molecule has 0 saturated heterocycles. The van der Waals surface area contributed by atoms with E-state index in [0.29, 0.717) is 18.9 Å². The van der Waals surface area contributed by atoms with Crippen LogP contribution in [0.1, 0.15) is 16.2 Å². The molecule has 1 heterocycles. The summed E-state index contributed by atoms with van der Waals surface area (Å²) in [6.07, 6.45) is -0.787. The largest absolute Gasteiger partial charge is 0.464 e.